The van der Waals surface area contributed by atoms with Crippen molar-refractivity contribution in [3.05, 3.63) is 223 Å². The standard InChI is InChI=1S/C55H41NSSi/c1-55(2)47-35-36-52-54(57-50-27-14-15-28-51(50)58(52,43-21-8-4-9-22-43)44-23-10-5-11-24-44)53(47)46-34-33-42(37-48(46)55)56(49-26-16-20-40-19-12-13-25-45(40)49)41-31-29-39(30-32-41)38-17-6-3-7-18-38/h3-37H,1-2H3. The molecular formula is C55H41NSSi. The molecule has 9 aromatic carbocycles. The van der Waals surface area contributed by atoms with Crippen LogP contribution in [0.15, 0.2) is 222 Å². The number of anilines is 3. The molecule has 11 rings (SSSR count). The number of hydrogen-bond acceptors (Lipinski definition) is 2. The first-order valence-electron chi connectivity index (χ1n) is 20.2. The minimum atomic E-state index is -2.69. The molecule has 0 radical (unpaired) electrons. The molecule has 3 heteroatoms. The number of fused-ring (bicyclic) bond motifs is 7. The largest absolute Gasteiger partial charge is 0.310 e. The van der Waals surface area contributed by atoms with Gasteiger partial charge in [0.05, 0.1) is 5.69 Å². The molecule has 1 heterocycles. The Bertz CT molecular complexity index is 2950. The van der Waals surface area contributed by atoms with Gasteiger partial charge in [0.15, 0.2) is 8.07 Å². The number of hydrogen-bond donors (Lipinski definition) is 0. The van der Waals surface area contributed by atoms with Crippen LogP contribution < -0.4 is 25.6 Å². The molecule has 0 amide bonds. The van der Waals surface area contributed by atoms with Gasteiger partial charge in [-0.25, -0.2) is 0 Å². The van der Waals surface area contributed by atoms with E-state index in [4.69, 9.17) is 0 Å². The summed E-state index contributed by atoms with van der Waals surface area (Å²) in [4.78, 5) is 5.24. The van der Waals surface area contributed by atoms with Gasteiger partial charge in [0.2, 0.25) is 0 Å². The summed E-state index contributed by atoms with van der Waals surface area (Å²) in [6, 6.07) is 79.3. The molecule has 0 saturated carbocycles. The van der Waals surface area contributed by atoms with Crippen LogP contribution in [0, 0.1) is 0 Å². The van der Waals surface area contributed by atoms with Crippen molar-refractivity contribution in [2.45, 2.75) is 29.1 Å². The molecule has 0 atom stereocenters. The molecule has 1 nitrogen and oxygen atoms in total. The van der Waals surface area contributed by atoms with Gasteiger partial charge >= 0.3 is 0 Å². The Hall–Kier alpha value is -6.39. The summed E-state index contributed by atoms with van der Waals surface area (Å²) in [5.41, 5.74) is 11.2. The monoisotopic (exact) mass is 775 g/mol. The van der Waals surface area contributed by atoms with E-state index in [-0.39, 0.29) is 5.41 Å². The minimum Gasteiger partial charge on any atom is -0.310 e. The number of benzene rings is 9. The Morgan fingerprint density at radius 2 is 1.07 bits per heavy atom. The fourth-order valence-electron chi connectivity index (χ4n) is 9.87. The van der Waals surface area contributed by atoms with E-state index in [2.05, 4.69) is 231 Å². The van der Waals surface area contributed by atoms with Crippen LogP contribution in [0.1, 0.15) is 25.0 Å². The Morgan fingerprint density at radius 1 is 0.466 bits per heavy atom. The number of rotatable bonds is 6. The summed E-state index contributed by atoms with van der Waals surface area (Å²) < 4.78 is 0. The topological polar surface area (TPSA) is 3.24 Å². The van der Waals surface area contributed by atoms with Gasteiger partial charge < -0.3 is 4.90 Å². The summed E-state index contributed by atoms with van der Waals surface area (Å²) in [6.07, 6.45) is 0. The molecule has 0 bridgehead atoms. The van der Waals surface area contributed by atoms with Crippen molar-refractivity contribution in [3.63, 3.8) is 0 Å². The molecule has 9 aromatic rings. The predicted octanol–water partition coefficient (Wildman–Crippen LogP) is 12.1. The first kappa shape index (κ1) is 34.8. The zero-order valence-corrected chi connectivity index (χ0v) is 34.4. The molecule has 0 fully saturated rings. The Labute approximate surface area is 346 Å². The predicted molar refractivity (Wildman–Crippen MR) is 249 cm³/mol. The van der Waals surface area contributed by atoms with Crippen molar-refractivity contribution in [3.8, 4) is 22.3 Å². The van der Waals surface area contributed by atoms with Crippen molar-refractivity contribution in [1.29, 1.82) is 0 Å². The van der Waals surface area contributed by atoms with Crippen LogP contribution >= 0.6 is 11.8 Å². The third-order valence-corrected chi connectivity index (χ3v) is 19.0. The van der Waals surface area contributed by atoms with Crippen LogP contribution in [0.2, 0.25) is 0 Å². The van der Waals surface area contributed by atoms with E-state index in [0.29, 0.717) is 0 Å². The van der Waals surface area contributed by atoms with E-state index < -0.39 is 8.07 Å². The lowest BCUT2D eigenvalue weighted by Gasteiger charge is -2.40. The normalized spacial score (nSPS) is 14.2. The molecule has 0 N–H and O–H groups in total. The van der Waals surface area contributed by atoms with E-state index in [1.807, 2.05) is 11.8 Å². The summed E-state index contributed by atoms with van der Waals surface area (Å²) in [5, 5.41) is 8.26. The average molecular weight is 776 g/mol. The van der Waals surface area contributed by atoms with Gasteiger partial charge in [0.25, 0.3) is 0 Å². The zero-order chi connectivity index (χ0) is 38.8. The summed E-state index contributed by atoms with van der Waals surface area (Å²) >= 11 is 1.97. The van der Waals surface area contributed by atoms with Crippen molar-refractivity contribution in [2.75, 3.05) is 4.90 Å². The van der Waals surface area contributed by atoms with Crippen LogP contribution in [0.3, 0.4) is 0 Å². The first-order valence-corrected chi connectivity index (χ1v) is 23.0. The maximum atomic E-state index is 2.51. The van der Waals surface area contributed by atoms with Crippen LogP contribution in [0.25, 0.3) is 33.0 Å². The maximum Gasteiger partial charge on any atom is 0.181 e. The fraction of sp³-hybridized carbons (Fsp3) is 0.0545. The molecule has 1 aliphatic carbocycles. The van der Waals surface area contributed by atoms with E-state index >= 15 is 0 Å². The average Bonchev–Trinajstić information content (AvgIpc) is 3.52. The van der Waals surface area contributed by atoms with Gasteiger partial charge in [-0.15, -0.1) is 0 Å². The van der Waals surface area contributed by atoms with Gasteiger partial charge in [-0.1, -0.05) is 202 Å². The lowest BCUT2D eigenvalue weighted by molar-refractivity contribution is 0.660. The third-order valence-electron chi connectivity index (χ3n) is 12.6. The van der Waals surface area contributed by atoms with Gasteiger partial charge in [-0.05, 0) is 95.9 Å². The van der Waals surface area contributed by atoms with Gasteiger partial charge in [0.1, 0.15) is 0 Å². The molecule has 0 spiro atoms. The van der Waals surface area contributed by atoms with Gasteiger partial charge in [-0.3, -0.25) is 0 Å². The van der Waals surface area contributed by atoms with Crippen molar-refractivity contribution >= 4 is 68.4 Å². The van der Waals surface area contributed by atoms with E-state index in [0.717, 1.165) is 11.4 Å². The smallest absolute Gasteiger partial charge is 0.181 e. The molecular weight excluding hydrogens is 735 g/mol. The second-order valence-electron chi connectivity index (χ2n) is 16.0. The van der Waals surface area contributed by atoms with Crippen LogP contribution in [0.4, 0.5) is 17.1 Å². The van der Waals surface area contributed by atoms with Crippen molar-refractivity contribution in [2.24, 2.45) is 0 Å². The quantitative estimate of drug-likeness (QED) is 0.155. The SMILES string of the molecule is CC1(C)c2cc(N(c3ccc(-c4ccccc4)cc3)c3cccc4ccccc34)ccc2-c2c1ccc1c2Sc2ccccc2[Si]1(c1ccccc1)c1ccccc1. The van der Waals surface area contributed by atoms with Gasteiger partial charge in [0, 0.05) is 32.0 Å². The van der Waals surface area contributed by atoms with Crippen molar-refractivity contribution < 1.29 is 0 Å². The third kappa shape index (κ3) is 5.24. The highest BCUT2D eigenvalue weighted by Crippen LogP contribution is 2.55. The molecule has 58 heavy (non-hydrogen) atoms. The molecule has 1 aliphatic heterocycles. The van der Waals surface area contributed by atoms with Gasteiger partial charge in [-0.2, -0.15) is 0 Å². The Morgan fingerprint density at radius 3 is 1.81 bits per heavy atom. The second kappa shape index (κ2) is 13.6. The molecule has 0 saturated heterocycles. The molecule has 2 aliphatic rings. The van der Waals surface area contributed by atoms with Crippen molar-refractivity contribution in [1.82, 2.24) is 0 Å². The highest BCUT2D eigenvalue weighted by molar-refractivity contribution is 8.00. The summed E-state index contributed by atoms with van der Waals surface area (Å²) in [6.45, 7) is 4.84. The zero-order valence-electron chi connectivity index (χ0n) is 32.6. The van der Waals surface area contributed by atoms with Crippen LogP contribution in [0.5, 0.6) is 0 Å². The van der Waals surface area contributed by atoms with Crippen LogP contribution in [-0.4, -0.2) is 8.07 Å². The highest BCUT2D eigenvalue weighted by atomic mass is 32.2. The lowest BCUT2D eigenvalue weighted by Crippen LogP contribution is -2.76. The maximum absolute atomic E-state index is 2.69. The fourth-order valence-corrected chi connectivity index (χ4v) is 17.0. The highest BCUT2D eigenvalue weighted by Gasteiger charge is 2.49. The molecule has 0 unspecified atom stereocenters. The second-order valence-corrected chi connectivity index (χ2v) is 20.8. The molecule has 276 valence electrons. The Balaban J connectivity index is 1.13. The van der Waals surface area contributed by atoms with E-state index in [1.165, 1.54) is 80.4 Å². The molecule has 0 aromatic heterocycles. The summed E-state index contributed by atoms with van der Waals surface area (Å²) in [7, 11) is -2.69. The lowest BCUT2D eigenvalue weighted by atomic mass is 9.82. The Kier molecular flexibility index (Phi) is 8.18. The van der Waals surface area contributed by atoms with Crippen LogP contribution in [-0.2, 0) is 5.41 Å². The summed E-state index contributed by atoms with van der Waals surface area (Å²) in [5.74, 6) is 0. The number of nitrogens with zero attached hydrogens (tertiary/aromatic N) is 1. The minimum absolute atomic E-state index is 0.210. The van der Waals surface area contributed by atoms with E-state index in [9.17, 15) is 0 Å². The van der Waals surface area contributed by atoms with E-state index in [1.54, 1.807) is 0 Å². The first-order chi connectivity index (χ1) is 28.5.